The van der Waals surface area contributed by atoms with E-state index in [1.54, 1.807) is 0 Å². The fourth-order valence-electron chi connectivity index (χ4n) is 2.53. The molecule has 1 aromatic rings. The monoisotopic (exact) mass is 354 g/mol. The Morgan fingerprint density at radius 1 is 1.38 bits per heavy atom. The van der Waals surface area contributed by atoms with Crippen LogP contribution in [0, 0.1) is 0 Å². The Kier molecular flexibility index (Phi) is 6.06. The van der Waals surface area contributed by atoms with Crippen molar-refractivity contribution in [2.45, 2.75) is 38.8 Å². The van der Waals surface area contributed by atoms with Crippen LogP contribution >= 0.6 is 15.9 Å². The van der Waals surface area contributed by atoms with Crippen molar-refractivity contribution in [2.75, 3.05) is 19.7 Å². The predicted octanol–water partition coefficient (Wildman–Crippen LogP) is 2.82. The van der Waals surface area contributed by atoms with Crippen molar-refractivity contribution in [3.63, 3.8) is 0 Å². The molecule has 1 amide bonds. The van der Waals surface area contributed by atoms with E-state index in [4.69, 9.17) is 4.74 Å². The van der Waals surface area contributed by atoms with Crippen molar-refractivity contribution in [1.82, 2.24) is 10.2 Å². The summed E-state index contributed by atoms with van der Waals surface area (Å²) < 4.78 is 6.39. The minimum Gasteiger partial charge on any atom is -0.483 e. The number of carbonyl (C=O) groups excluding carboxylic acids is 1. The van der Waals surface area contributed by atoms with Gasteiger partial charge in [0.25, 0.3) is 5.91 Å². The fraction of sp³-hybridized carbons (Fsp3) is 0.562. The van der Waals surface area contributed by atoms with Crippen molar-refractivity contribution < 1.29 is 9.53 Å². The highest BCUT2D eigenvalue weighted by Gasteiger charge is 2.22. The molecular formula is C16H23BrN2O2. The molecule has 1 N–H and O–H groups in total. The van der Waals surface area contributed by atoms with Crippen LogP contribution in [0.15, 0.2) is 28.7 Å². The minimum atomic E-state index is -0.0475. The molecule has 2 rings (SSSR count). The van der Waals surface area contributed by atoms with E-state index in [0.29, 0.717) is 11.8 Å². The largest absolute Gasteiger partial charge is 0.483 e. The summed E-state index contributed by atoms with van der Waals surface area (Å²) in [4.78, 5) is 14.4. The first-order valence-corrected chi connectivity index (χ1v) is 8.26. The van der Waals surface area contributed by atoms with Gasteiger partial charge in [0.2, 0.25) is 0 Å². The molecule has 1 heterocycles. The van der Waals surface area contributed by atoms with Gasteiger partial charge in [-0.15, -0.1) is 0 Å². The second-order valence-electron chi connectivity index (χ2n) is 5.69. The van der Waals surface area contributed by atoms with E-state index in [0.717, 1.165) is 30.4 Å². The lowest BCUT2D eigenvalue weighted by Gasteiger charge is -2.34. The summed E-state index contributed by atoms with van der Waals surface area (Å²) >= 11 is 3.40. The van der Waals surface area contributed by atoms with Gasteiger partial charge in [0.15, 0.2) is 6.61 Å². The van der Waals surface area contributed by atoms with Crippen LogP contribution in [0.3, 0.4) is 0 Å². The van der Waals surface area contributed by atoms with E-state index in [1.165, 1.54) is 0 Å². The molecule has 21 heavy (non-hydrogen) atoms. The summed E-state index contributed by atoms with van der Waals surface area (Å²) in [5.74, 6) is 0.649. The molecule has 0 aliphatic carbocycles. The molecule has 0 radical (unpaired) electrons. The molecule has 0 saturated carbocycles. The molecular weight excluding hydrogens is 332 g/mol. The number of nitrogens with zero attached hydrogens (tertiary/aromatic N) is 1. The molecule has 1 aliphatic heterocycles. The van der Waals surface area contributed by atoms with Gasteiger partial charge >= 0.3 is 0 Å². The van der Waals surface area contributed by atoms with Gasteiger partial charge < -0.3 is 15.0 Å². The molecule has 5 heteroatoms. The number of para-hydroxylation sites is 1. The van der Waals surface area contributed by atoms with Crippen LogP contribution in [0.25, 0.3) is 0 Å². The van der Waals surface area contributed by atoms with Crippen molar-refractivity contribution >= 4 is 21.8 Å². The number of rotatable bonds is 5. The van der Waals surface area contributed by atoms with Crippen LogP contribution in [0.5, 0.6) is 5.75 Å². The van der Waals surface area contributed by atoms with Crippen LogP contribution in [0.4, 0.5) is 0 Å². The van der Waals surface area contributed by atoms with Gasteiger partial charge in [-0.3, -0.25) is 4.79 Å². The standard InChI is InChI=1S/C16H23BrN2O2/c1-12(2)19-9-7-13(8-10-19)18-16(20)11-21-15-6-4-3-5-14(15)17/h3-6,12-13H,7-11H2,1-2H3,(H,18,20). The van der Waals surface area contributed by atoms with Crippen LogP contribution in [0.1, 0.15) is 26.7 Å². The lowest BCUT2D eigenvalue weighted by Crippen LogP contribution is -2.47. The zero-order valence-corrected chi connectivity index (χ0v) is 14.2. The van der Waals surface area contributed by atoms with E-state index in [9.17, 15) is 4.79 Å². The number of likely N-dealkylation sites (tertiary alicyclic amines) is 1. The third-order valence-corrected chi connectivity index (χ3v) is 4.48. The lowest BCUT2D eigenvalue weighted by atomic mass is 10.0. The quantitative estimate of drug-likeness (QED) is 0.883. The lowest BCUT2D eigenvalue weighted by molar-refractivity contribution is -0.124. The summed E-state index contributed by atoms with van der Waals surface area (Å²) in [6.45, 7) is 6.59. The van der Waals surface area contributed by atoms with Crippen LogP contribution in [-0.2, 0) is 4.79 Å². The molecule has 0 bridgehead atoms. The van der Waals surface area contributed by atoms with Gasteiger partial charge in [0, 0.05) is 25.2 Å². The summed E-state index contributed by atoms with van der Waals surface area (Å²) in [7, 11) is 0. The van der Waals surface area contributed by atoms with Crippen molar-refractivity contribution in [2.24, 2.45) is 0 Å². The Labute approximate surface area is 135 Å². The first kappa shape index (κ1) is 16.3. The maximum absolute atomic E-state index is 11.9. The highest BCUT2D eigenvalue weighted by molar-refractivity contribution is 9.10. The van der Waals surface area contributed by atoms with E-state index in [2.05, 4.69) is 40.0 Å². The highest BCUT2D eigenvalue weighted by Crippen LogP contribution is 2.23. The number of hydrogen-bond acceptors (Lipinski definition) is 3. The predicted molar refractivity (Wildman–Crippen MR) is 87.5 cm³/mol. The number of amides is 1. The second kappa shape index (κ2) is 7.80. The second-order valence-corrected chi connectivity index (χ2v) is 6.54. The highest BCUT2D eigenvalue weighted by atomic mass is 79.9. The van der Waals surface area contributed by atoms with Crippen molar-refractivity contribution in [3.8, 4) is 5.75 Å². The van der Waals surface area contributed by atoms with Crippen molar-refractivity contribution in [1.29, 1.82) is 0 Å². The van der Waals surface area contributed by atoms with Crippen molar-refractivity contribution in [3.05, 3.63) is 28.7 Å². The zero-order valence-electron chi connectivity index (χ0n) is 12.6. The Morgan fingerprint density at radius 2 is 2.05 bits per heavy atom. The Bertz CT molecular complexity index is 471. The SMILES string of the molecule is CC(C)N1CCC(NC(=O)COc2ccccc2Br)CC1. The minimum absolute atomic E-state index is 0.0475. The summed E-state index contributed by atoms with van der Waals surface area (Å²) in [5, 5.41) is 3.06. The zero-order chi connectivity index (χ0) is 15.2. The van der Waals surface area contributed by atoms with E-state index >= 15 is 0 Å². The number of ether oxygens (including phenoxy) is 1. The van der Waals surface area contributed by atoms with Gasteiger partial charge in [-0.05, 0) is 54.8 Å². The normalized spacial score (nSPS) is 17.0. The average molecular weight is 355 g/mol. The molecule has 116 valence electrons. The first-order valence-electron chi connectivity index (χ1n) is 7.47. The number of piperidine rings is 1. The fourth-order valence-corrected chi connectivity index (χ4v) is 2.93. The van der Waals surface area contributed by atoms with E-state index in [-0.39, 0.29) is 18.6 Å². The summed E-state index contributed by atoms with van der Waals surface area (Å²) in [6, 6.07) is 8.41. The van der Waals surface area contributed by atoms with Crippen LogP contribution < -0.4 is 10.1 Å². The van der Waals surface area contributed by atoms with E-state index < -0.39 is 0 Å². The number of carbonyl (C=O) groups is 1. The molecule has 0 aromatic heterocycles. The smallest absolute Gasteiger partial charge is 0.258 e. The molecule has 4 nitrogen and oxygen atoms in total. The van der Waals surface area contributed by atoms with E-state index in [1.807, 2.05) is 24.3 Å². The summed E-state index contributed by atoms with van der Waals surface area (Å²) in [5.41, 5.74) is 0. The van der Waals surface area contributed by atoms with Gasteiger partial charge in [-0.25, -0.2) is 0 Å². The molecule has 0 atom stereocenters. The van der Waals surface area contributed by atoms with Gasteiger partial charge in [-0.2, -0.15) is 0 Å². The number of benzene rings is 1. The summed E-state index contributed by atoms with van der Waals surface area (Å²) in [6.07, 6.45) is 2.03. The molecule has 0 unspecified atom stereocenters. The first-order chi connectivity index (χ1) is 10.1. The van der Waals surface area contributed by atoms with Gasteiger partial charge in [0.1, 0.15) is 5.75 Å². The molecule has 1 aliphatic rings. The molecule has 1 fully saturated rings. The third kappa shape index (κ3) is 5.00. The third-order valence-electron chi connectivity index (χ3n) is 3.82. The Hall–Kier alpha value is -1.07. The maximum atomic E-state index is 11.9. The average Bonchev–Trinajstić information content (AvgIpc) is 2.47. The van der Waals surface area contributed by atoms with Crippen LogP contribution in [-0.4, -0.2) is 42.6 Å². The number of hydrogen-bond donors (Lipinski definition) is 1. The number of nitrogens with one attached hydrogen (secondary N) is 1. The Morgan fingerprint density at radius 3 is 2.67 bits per heavy atom. The molecule has 0 spiro atoms. The molecule has 1 saturated heterocycles. The maximum Gasteiger partial charge on any atom is 0.258 e. The van der Waals surface area contributed by atoms with Gasteiger partial charge in [0.05, 0.1) is 4.47 Å². The topological polar surface area (TPSA) is 41.6 Å². The van der Waals surface area contributed by atoms with Crippen LogP contribution in [0.2, 0.25) is 0 Å². The van der Waals surface area contributed by atoms with Gasteiger partial charge in [-0.1, -0.05) is 12.1 Å². The molecule has 1 aromatic carbocycles. The Balaban J connectivity index is 1.72. The number of halogens is 1.